The Bertz CT molecular complexity index is 398. The van der Waals surface area contributed by atoms with Crippen LogP contribution in [0.1, 0.15) is 19.4 Å². The molecule has 0 aliphatic carbocycles. The second-order valence-electron chi connectivity index (χ2n) is 3.38. The van der Waals surface area contributed by atoms with Crippen molar-refractivity contribution >= 4 is 17.5 Å². The molecule has 0 N–H and O–H groups in total. The fraction of sp³-hybridized carbons (Fsp3) is 0.333. The first-order chi connectivity index (χ1) is 7.63. The van der Waals surface area contributed by atoms with Gasteiger partial charge in [-0.05, 0) is 25.5 Å². The minimum Gasteiger partial charge on any atom is -0.367 e. The van der Waals surface area contributed by atoms with Gasteiger partial charge in [0.25, 0.3) is 5.69 Å². The fourth-order valence-corrected chi connectivity index (χ4v) is 1.65. The molecule has 0 saturated carbocycles. The van der Waals surface area contributed by atoms with E-state index in [2.05, 4.69) is 6.58 Å². The summed E-state index contributed by atoms with van der Waals surface area (Å²) < 4.78 is 0. The predicted octanol–water partition coefficient (Wildman–Crippen LogP) is 3.08. The van der Waals surface area contributed by atoms with Gasteiger partial charge in [0.05, 0.1) is 4.92 Å². The van der Waals surface area contributed by atoms with E-state index in [0.717, 1.165) is 18.7 Å². The number of anilines is 1. The first-order valence-electron chi connectivity index (χ1n) is 5.29. The smallest absolute Gasteiger partial charge is 0.293 e. The van der Waals surface area contributed by atoms with Gasteiger partial charge in [0.15, 0.2) is 0 Å². The topological polar surface area (TPSA) is 46.4 Å². The van der Waals surface area contributed by atoms with Crippen LogP contribution in [0, 0.1) is 10.1 Å². The highest BCUT2D eigenvalue weighted by molar-refractivity contribution is 5.67. The number of benzene rings is 1. The molecule has 0 radical (unpaired) electrons. The molecule has 0 aliphatic rings. The summed E-state index contributed by atoms with van der Waals surface area (Å²) in [5.74, 6) is 0. The van der Waals surface area contributed by atoms with E-state index < -0.39 is 0 Å². The highest BCUT2D eigenvalue weighted by Crippen LogP contribution is 2.29. The van der Waals surface area contributed by atoms with Crippen LogP contribution in [0.3, 0.4) is 0 Å². The van der Waals surface area contributed by atoms with Gasteiger partial charge in [-0.25, -0.2) is 0 Å². The van der Waals surface area contributed by atoms with Crippen LogP contribution in [-0.2, 0) is 0 Å². The standard InChI is InChI=1S/C12H16N2O2/c1-4-10-7-8-11(13(5-2)6-3)12(9-10)14(15)16/h4,7-9H,1,5-6H2,2-3H3. The molecule has 16 heavy (non-hydrogen) atoms. The summed E-state index contributed by atoms with van der Waals surface area (Å²) in [7, 11) is 0. The zero-order chi connectivity index (χ0) is 12.1. The lowest BCUT2D eigenvalue weighted by atomic mass is 10.1. The third-order valence-corrected chi connectivity index (χ3v) is 2.54. The third-order valence-electron chi connectivity index (χ3n) is 2.54. The molecule has 1 rings (SSSR count). The van der Waals surface area contributed by atoms with Crippen molar-refractivity contribution in [1.82, 2.24) is 0 Å². The first kappa shape index (κ1) is 12.2. The summed E-state index contributed by atoms with van der Waals surface area (Å²) in [4.78, 5) is 12.6. The summed E-state index contributed by atoms with van der Waals surface area (Å²) in [6.07, 6.45) is 1.61. The van der Waals surface area contributed by atoms with E-state index in [9.17, 15) is 10.1 Å². The molecule has 1 aromatic rings. The number of hydrogen-bond donors (Lipinski definition) is 0. The molecule has 0 fully saturated rings. The molecular weight excluding hydrogens is 204 g/mol. The summed E-state index contributed by atoms with van der Waals surface area (Å²) in [6.45, 7) is 9.08. The van der Waals surface area contributed by atoms with Gasteiger partial charge in [0.1, 0.15) is 5.69 Å². The monoisotopic (exact) mass is 220 g/mol. The maximum Gasteiger partial charge on any atom is 0.293 e. The Kier molecular flexibility index (Phi) is 4.05. The summed E-state index contributed by atoms with van der Waals surface area (Å²) in [5, 5.41) is 11.0. The molecule has 0 unspecified atom stereocenters. The lowest BCUT2D eigenvalue weighted by molar-refractivity contribution is -0.384. The van der Waals surface area contributed by atoms with Crippen LogP contribution in [-0.4, -0.2) is 18.0 Å². The molecule has 0 bridgehead atoms. The van der Waals surface area contributed by atoms with E-state index in [0.29, 0.717) is 5.69 Å². The maximum atomic E-state index is 11.0. The molecule has 0 amide bonds. The van der Waals surface area contributed by atoms with Crippen molar-refractivity contribution in [2.45, 2.75) is 13.8 Å². The van der Waals surface area contributed by atoms with Crippen molar-refractivity contribution < 1.29 is 4.92 Å². The lowest BCUT2D eigenvalue weighted by Crippen LogP contribution is -2.22. The van der Waals surface area contributed by atoms with Crippen molar-refractivity contribution in [2.75, 3.05) is 18.0 Å². The van der Waals surface area contributed by atoms with Gasteiger partial charge < -0.3 is 4.90 Å². The number of nitro benzene ring substituents is 1. The minimum absolute atomic E-state index is 0.140. The number of rotatable bonds is 5. The summed E-state index contributed by atoms with van der Waals surface area (Å²) in [5.41, 5.74) is 1.57. The first-order valence-corrected chi connectivity index (χ1v) is 5.29. The van der Waals surface area contributed by atoms with E-state index in [1.165, 1.54) is 0 Å². The Morgan fingerprint density at radius 1 is 1.44 bits per heavy atom. The molecule has 86 valence electrons. The lowest BCUT2D eigenvalue weighted by Gasteiger charge is -2.20. The molecule has 0 atom stereocenters. The highest BCUT2D eigenvalue weighted by Gasteiger charge is 2.17. The van der Waals surface area contributed by atoms with Gasteiger partial charge in [-0.3, -0.25) is 10.1 Å². The zero-order valence-electron chi connectivity index (χ0n) is 9.64. The molecule has 0 heterocycles. The van der Waals surface area contributed by atoms with Gasteiger partial charge in [-0.1, -0.05) is 18.7 Å². The highest BCUT2D eigenvalue weighted by atomic mass is 16.6. The Balaban J connectivity index is 3.27. The quantitative estimate of drug-likeness (QED) is 0.566. The largest absolute Gasteiger partial charge is 0.367 e. The van der Waals surface area contributed by atoms with Crippen LogP contribution in [0.15, 0.2) is 24.8 Å². The van der Waals surface area contributed by atoms with Crippen molar-refractivity contribution in [3.63, 3.8) is 0 Å². The number of nitro groups is 1. The van der Waals surface area contributed by atoms with E-state index in [1.54, 1.807) is 18.2 Å². The van der Waals surface area contributed by atoms with Crippen molar-refractivity contribution in [3.05, 3.63) is 40.5 Å². The van der Waals surface area contributed by atoms with Crippen molar-refractivity contribution in [2.24, 2.45) is 0 Å². The van der Waals surface area contributed by atoms with Gasteiger partial charge in [-0.15, -0.1) is 0 Å². The average molecular weight is 220 g/mol. The Labute approximate surface area is 95.3 Å². The van der Waals surface area contributed by atoms with Crippen LogP contribution in [0.5, 0.6) is 0 Å². The van der Waals surface area contributed by atoms with Crippen molar-refractivity contribution in [1.29, 1.82) is 0 Å². The minimum atomic E-state index is -0.347. The number of hydrogen-bond acceptors (Lipinski definition) is 3. The summed E-state index contributed by atoms with van der Waals surface area (Å²) >= 11 is 0. The van der Waals surface area contributed by atoms with Crippen LogP contribution in [0.25, 0.3) is 6.08 Å². The normalized spacial score (nSPS) is 9.88. The third kappa shape index (κ3) is 2.39. The van der Waals surface area contributed by atoms with Crippen LogP contribution >= 0.6 is 0 Å². The Morgan fingerprint density at radius 2 is 2.06 bits per heavy atom. The average Bonchev–Trinajstić information content (AvgIpc) is 2.30. The van der Waals surface area contributed by atoms with Gasteiger partial charge in [0, 0.05) is 19.2 Å². The second kappa shape index (κ2) is 5.30. The Morgan fingerprint density at radius 3 is 2.50 bits per heavy atom. The molecule has 0 aliphatic heterocycles. The predicted molar refractivity (Wildman–Crippen MR) is 66.7 cm³/mol. The molecular formula is C12H16N2O2. The van der Waals surface area contributed by atoms with Crippen LogP contribution in [0.2, 0.25) is 0 Å². The van der Waals surface area contributed by atoms with E-state index in [4.69, 9.17) is 0 Å². The van der Waals surface area contributed by atoms with Gasteiger partial charge in [-0.2, -0.15) is 0 Å². The zero-order valence-corrected chi connectivity index (χ0v) is 9.64. The van der Waals surface area contributed by atoms with E-state index >= 15 is 0 Å². The van der Waals surface area contributed by atoms with Crippen LogP contribution in [0.4, 0.5) is 11.4 Å². The molecule has 4 heteroatoms. The molecule has 4 nitrogen and oxygen atoms in total. The molecule has 0 aromatic heterocycles. The van der Waals surface area contributed by atoms with Crippen molar-refractivity contribution in [3.8, 4) is 0 Å². The fourth-order valence-electron chi connectivity index (χ4n) is 1.65. The van der Waals surface area contributed by atoms with Gasteiger partial charge >= 0.3 is 0 Å². The molecule has 1 aromatic carbocycles. The van der Waals surface area contributed by atoms with E-state index in [-0.39, 0.29) is 10.6 Å². The van der Waals surface area contributed by atoms with Gasteiger partial charge in [0.2, 0.25) is 0 Å². The van der Waals surface area contributed by atoms with Crippen LogP contribution < -0.4 is 4.90 Å². The summed E-state index contributed by atoms with van der Waals surface area (Å²) in [6, 6.07) is 5.18. The van der Waals surface area contributed by atoms with E-state index in [1.807, 2.05) is 24.8 Å². The number of nitrogens with zero attached hydrogens (tertiary/aromatic N) is 2. The molecule has 0 spiro atoms. The Hall–Kier alpha value is -1.84. The second-order valence-corrected chi connectivity index (χ2v) is 3.38. The molecule has 0 saturated heterocycles. The maximum absolute atomic E-state index is 11.0. The SMILES string of the molecule is C=Cc1ccc(N(CC)CC)c([N+](=O)[O-])c1.